The highest BCUT2D eigenvalue weighted by Gasteiger charge is 2.11. The summed E-state index contributed by atoms with van der Waals surface area (Å²) in [5.41, 5.74) is 2.65. The Bertz CT molecular complexity index is 1090. The lowest BCUT2D eigenvalue weighted by atomic mass is 10.1. The van der Waals surface area contributed by atoms with Gasteiger partial charge in [-0.25, -0.2) is 4.98 Å². The number of aryl methyl sites for hydroxylation is 1. The van der Waals surface area contributed by atoms with Crippen molar-refractivity contribution in [3.8, 4) is 22.8 Å². The second-order valence-electron chi connectivity index (χ2n) is 7.57. The molecule has 0 bridgehead atoms. The monoisotopic (exact) mass is 484 g/mol. The van der Waals surface area contributed by atoms with Gasteiger partial charge in [-0.3, -0.25) is 10.1 Å². The maximum atomic E-state index is 12.4. The van der Waals surface area contributed by atoms with E-state index in [2.05, 4.69) is 17.2 Å². The number of ether oxygens (including phenoxy) is 2. The van der Waals surface area contributed by atoms with Crippen LogP contribution in [0.3, 0.4) is 0 Å². The van der Waals surface area contributed by atoms with Crippen LogP contribution in [0.1, 0.15) is 43.0 Å². The molecular weight excluding hydrogens is 456 g/mol. The zero-order valence-electron chi connectivity index (χ0n) is 19.2. The second kappa shape index (κ2) is 12.4. The lowest BCUT2D eigenvalue weighted by molar-refractivity contribution is -0.111. The number of aromatic nitrogens is 1. The number of halogens is 1. The van der Waals surface area contributed by atoms with Crippen molar-refractivity contribution >= 4 is 40.1 Å². The first-order chi connectivity index (χ1) is 16.0. The molecule has 5 nitrogen and oxygen atoms in total. The number of rotatable bonds is 11. The summed E-state index contributed by atoms with van der Waals surface area (Å²) in [6, 6.07) is 13.1. The van der Waals surface area contributed by atoms with E-state index in [0.29, 0.717) is 28.3 Å². The van der Waals surface area contributed by atoms with Gasteiger partial charge < -0.3 is 9.47 Å². The molecular formula is C26H29ClN2O3S. The molecule has 0 saturated carbocycles. The number of hydrogen-bond donors (Lipinski definition) is 1. The van der Waals surface area contributed by atoms with Gasteiger partial charge in [-0.1, -0.05) is 56.0 Å². The zero-order chi connectivity index (χ0) is 23.6. The maximum Gasteiger partial charge on any atom is 0.250 e. The van der Waals surface area contributed by atoms with Gasteiger partial charge in [-0.15, -0.1) is 11.3 Å². The van der Waals surface area contributed by atoms with Crippen molar-refractivity contribution in [2.75, 3.05) is 19.0 Å². The molecule has 0 aliphatic carbocycles. The summed E-state index contributed by atoms with van der Waals surface area (Å²) in [7, 11) is 1.61. The van der Waals surface area contributed by atoms with Gasteiger partial charge >= 0.3 is 0 Å². The molecule has 0 aliphatic rings. The van der Waals surface area contributed by atoms with E-state index in [4.69, 9.17) is 21.1 Å². The highest BCUT2D eigenvalue weighted by atomic mass is 35.5. The van der Waals surface area contributed by atoms with Gasteiger partial charge in [0.25, 0.3) is 0 Å². The first-order valence-electron chi connectivity index (χ1n) is 11.0. The number of hydrogen-bond acceptors (Lipinski definition) is 5. The first kappa shape index (κ1) is 24.8. The third kappa shape index (κ3) is 7.34. The average molecular weight is 485 g/mol. The van der Waals surface area contributed by atoms with E-state index in [1.807, 2.05) is 49.4 Å². The van der Waals surface area contributed by atoms with Crippen LogP contribution in [-0.2, 0) is 4.79 Å². The van der Waals surface area contributed by atoms with E-state index in [9.17, 15) is 4.79 Å². The van der Waals surface area contributed by atoms with Crippen molar-refractivity contribution in [3.63, 3.8) is 0 Å². The van der Waals surface area contributed by atoms with Gasteiger partial charge in [-0.05, 0) is 49.2 Å². The van der Waals surface area contributed by atoms with Gasteiger partial charge in [0.15, 0.2) is 16.6 Å². The van der Waals surface area contributed by atoms with E-state index in [-0.39, 0.29) is 5.91 Å². The van der Waals surface area contributed by atoms with E-state index < -0.39 is 0 Å². The number of amides is 1. The fourth-order valence-electron chi connectivity index (χ4n) is 3.26. The number of nitrogens with zero attached hydrogens (tertiary/aromatic N) is 1. The molecule has 1 amide bonds. The van der Waals surface area contributed by atoms with E-state index in [1.54, 1.807) is 13.2 Å². The van der Waals surface area contributed by atoms with Gasteiger partial charge in [0.2, 0.25) is 5.91 Å². The van der Waals surface area contributed by atoms with Gasteiger partial charge in [-0.2, -0.15) is 0 Å². The summed E-state index contributed by atoms with van der Waals surface area (Å²) in [5.74, 6) is 1.11. The third-order valence-corrected chi connectivity index (χ3v) is 6.15. The summed E-state index contributed by atoms with van der Waals surface area (Å²) in [6.45, 7) is 4.83. The summed E-state index contributed by atoms with van der Waals surface area (Å²) >= 11 is 7.40. The van der Waals surface area contributed by atoms with Crippen LogP contribution in [0.4, 0.5) is 5.13 Å². The highest BCUT2D eigenvalue weighted by Crippen LogP contribution is 2.31. The Kier molecular flexibility index (Phi) is 9.34. The fourth-order valence-corrected chi connectivity index (χ4v) is 4.23. The molecule has 0 fully saturated rings. The van der Waals surface area contributed by atoms with Gasteiger partial charge in [0, 0.05) is 21.5 Å². The molecule has 1 aromatic heterocycles. The van der Waals surface area contributed by atoms with Crippen molar-refractivity contribution in [3.05, 3.63) is 64.0 Å². The molecule has 0 aliphatic heterocycles. The summed E-state index contributed by atoms with van der Waals surface area (Å²) in [4.78, 5) is 18.0. The van der Waals surface area contributed by atoms with Crippen LogP contribution < -0.4 is 14.8 Å². The van der Waals surface area contributed by atoms with E-state index in [1.165, 1.54) is 30.3 Å². The number of thiazole rings is 1. The molecule has 1 heterocycles. The maximum absolute atomic E-state index is 12.4. The number of carbonyl (C=O) groups excluding carboxylic acids is 1. The Labute approximate surface area is 204 Å². The average Bonchev–Trinajstić information content (AvgIpc) is 3.18. The predicted molar refractivity (Wildman–Crippen MR) is 138 cm³/mol. The minimum atomic E-state index is -0.248. The van der Waals surface area contributed by atoms with Crippen molar-refractivity contribution in [1.29, 1.82) is 0 Å². The minimum absolute atomic E-state index is 0.248. The van der Waals surface area contributed by atoms with Crippen LogP contribution in [0, 0.1) is 6.92 Å². The van der Waals surface area contributed by atoms with Crippen LogP contribution in [-0.4, -0.2) is 24.6 Å². The Balaban J connectivity index is 1.60. The molecule has 0 unspecified atom stereocenters. The Hall–Kier alpha value is -2.83. The molecule has 7 heteroatoms. The van der Waals surface area contributed by atoms with E-state index >= 15 is 0 Å². The molecule has 174 valence electrons. The molecule has 3 aromatic rings. The minimum Gasteiger partial charge on any atom is -0.493 e. The van der Waals surface area contributed by atoms with E-state index in [0.717, 1.165) is 34.5 Å². The van der Waals surface area contributed by atoms with Crippen LogP contribution in [0.2, 0.25) is 5.02 Å². The lowest BCUT2D eigenvalue weighted by Crippen LogP contribution is -2.07. The molecule has 1 N–H and O–H groups in total. The lowest BCUT2D eigenvalue weighted by Gasteiger charge is -2.11. The first-order valence-corrected chi connectivity index (χ1v) is 12.2. The van der Waals surface area contributed by atoms with Crippen molar-refractivity contribution in [1.82, 2.24) is 4.98 Å². The van der Waals surface area contributed by atoms with Crippen LogP contribution >= 0.6 is 22.9 Å². The fraction of sp³-hybridized carbons (Fsp3) is 0.308. The van der Waals surface area contributed by atoms with Crippen LogP contribution in [0.5, 0.6) is 11.5 Å². The standard InChI is InChI=1S/C26H29ClN2O3S/c1-4-5-6-7-16-32-22-14-8-19(17-23(22)31-3)9-15-24(30)28-26-29-25(18(2)33-26)20-10-12-21(27)13-11-20/h8-15,17H,4-7,16H2,1-3H3,(H,28,29,30). The number of benzene rings is 2. The number of anilines is 1. The number of unbranched alkanes of at least 4 members (excludes halogenated alkanes) is 3. The topological polar surface area (TPSA) is 60.5 Å². The Morgan fingerprint density at radius 3 is 2.64 bits per heavy atom. The summed E-state index contributed by atoms with van der Waals surface area (Å²) in [5, 5.41) is 4.07. The smallest absolute Gasteiger partial charge is 0.250 e. The molecule has 33 heavy (non-hydrogen) atoms. The molecule has 0 saturated heterocycles. The number of nitrogens with one attached hydrogen (secondary N) is 1. The second-order valence-corrected chi connectivity index (χ2v) is 9.21. The highest BCUT2D eigenvalue weighted by molar-refractivity contribution is 7.16. The Morgan fingerprint density at radius 1 is 1.12 bits per heavy atom. The molecule has 2 aromatic carbocycles. The largest absolute Gasteiger partial charge is 0.493 e. The van der Waals surface area contributed by atoms with Crippen molar-refractivity contribution < 1.29 is 14.3 Å². The Morgan fingerprint density at radius 2 is 1.91 bits per heavy atom. The number of methoxy groups -OCH3 is 1. The number of carbonyl (C=O) groups is 1. The molecule has 0 atom stereocenters. The van der Waals surface area contributed by atoms with Crippen molar-refractivity contribution in [2.24, 2.45) is 0 Å². The quantitative estimate of drug-likeness (QED) is 0.227. The SMILES string of the molecule is CCCCCCOc1ccc(C=CC(=O)Nc2nc(-c3ccc(Cl)cc3)c(C)s2)cc1OC. The predicted octanol–water partition coefficient (Wildman–Crippen LogP) is 7.39. The van der Waals surface area contributed by atoms with Crippen LogP contribution in [0.15, 0.2) is 48.5 Å². The molecule has 3 rings (SSSR count). The van der Waals surface area contributed by atoms with Crippen LogP contribution in [0.25, 0.3) is 17.3 Å². The molecule has 0 spiro atoms. The summed E-state index contributed by atoms with van der Waals surface area (Å²) in [6.07, 6.45) is 7.82. The van der Waals surface area contributed by atoms with Crippen molar-refractivity contribution in [2.45, 2.75) is 39.5 Å². The zero-order valence-corrected chi connectivity index (χ0v) is 20.8. The van der Waals surface area contributed by atoms with Gasteiger partial charge in [0.1, 0.15) is 0 Å². The van der Waals surface area contributed by atoms with Gasteiger partial charge in [0.05, 0.1) is 19.4 Å². The third-order valence-electron chi connectivity index (χ3n) is 5.01. The normalized spacial score (nSPS) is 11.0. The molecule has 0 radical (unpaired) electrons. The summed E-state index contributed by atoms with van der Waals surface area (Å²) < 4.78 is 11.3.